The predicted molar refractivity (Wildman–Crippen MR) is 101 cm³/mol. The molecular weight excluding hydrogens is 479 g/mol. The molecule has 1 atom stereocenters. The van der Waals surface area contributed by atoms with E-state index in [0.717, 1.165) is 36.4 Å². The minimum Gasteiger partial charge on any atom is -0.426 e. The van der Waals surface area contributed by atoms with Crippen molar-refractivity contribution < 1.29 is 49.9 Å². The first-order valence-corrected chi connectivity index (χ1v) is 9.32. The van der Waals surface area contributed by atoms with E-state index in [2.05, 4.69) is 4.74 Å². The van der Waals surface area contributed by atoms with Crippen molar-refractivity contribution in [2.45, 2.75) is 18.0 Å². The summed E-state index contributed by atoms with van der Waals surface area (Å²) in [5.74, 6) is -3.08. The number of alkyl halides is 6. The number of benzene rings is 2. The van der Waals surface area contributed by atoms with Gasteiger partial charge in [-0.2, -0.15) is 26.3 Å². The molecule has 0 aliphatic carbocycles. The SMILES string of the molecule is O=C1Nc2ccc(C(=O)NCC(F)(F)F)cc2C(CNC(=O)c2ccc(F)cc2)(C(F)(F)F)O1. The minimum absolute atomic E-state index is 0.195. The molecule has 0 fully saturated rings. The van der Waals surface area contributed by atoms with Crippen molar-refractivity contribution in [1.82, 2.24) is 10.6 Å². The van der Waals surface area contributed by atoms with Crippen molar-refractivity contribution in [3.63, 3.8) is 0 Å². The topological polar surface area (TPSA) is 96.5 Å². The summed E-state index contributed by atoms with van der Waals surface area (Å²) in [7, 11) is 0. The predicted octanol–water partition coefficient (Wildman–Crippen LogP) is 3.87. The standard InChI is InChI=1S/C20H14F7N3O4/c21-12-4-1-10(2-5-12)15(31)28-8-18(20(25,26)27)13-7-11(16(32)29-9-19(22,23)24)3-6-14(13)30-17(33)34-18/h1-7H,8-9H2,(H,28,31)(H,29,32)(H,30,33). The summed E-state index contributed by atoms with van der Waals surface area (Å²) in [4.78, 5) is 36.2. The zero-order valence-corrected chi connectivity index (χ0v) is 16.7. The fourth-order valence-corrected chi connectivity index (χ4v) is 3.11. The molecular formula is C20H14F7N3O4. The van der Waals surface area contributed by atoms with Crippen LogP contribution in [-0.2, 0) is 10.3 Å². The summed E-state index contributed by atoms with van der Waals surface area (Å²) >= 11 is 0. The highest BCUT2D eigenvalue weighted by Gasteiger charge is 2.62. The van der Waals surface area contributed by atoms with E-state index >= 15 is 0 Å². The van der Waals surface area contributed by atoms with E-state index in [4.69, 9.17) is 0 Å². The lowest BCUT2D eigenvalue weighted by Gasteiger charge is -2.39. The third-order valence-electron chi connectivity index (χ3n) is 4.73. The number of hydrogen-bond donors (Lipinski definition) is 3. The molecule has 0 bridgehead atoms. The molecule has 182 valence electrons. The summed E-state index contributed by atoms with van der Waals surface area (Å²) in [5.41, 5.74) is -5.52. The van der Waals surface area contributed by atoms with Crippen LogP contribution in [0.25, 0.3) is 0 Å². The largest absolute Gasteiger partial charge is 0.434 e. The fraction of sp³-hybridized carbons (Fsp3) is 0.250. The lowest BCUT2D eigenvalue weighted by atomic mass is 9.88. The number of nitrogens with one attached hydrogen (secondary N) is 3. The number of fused-ring (bicyclic) bond motifs is 1. The molecule has 34 heavy (non-hydrogen) atoms. The van der Waals surface area contributed by atoms with Crippen LogP contribution in [0, 0.1) is 5.82 Å². The van der Waals surface area contributed by atoms with Gasteiger partial charge in [0, 0.05) is 16.7 Å². The Labute approximate surface area is 186 Å². The number of cyclic esters (lactones) is 1. The molecule has 7 nitrogen and oxygen atoms in total. The van der Waals surface area contributed by atoms with Crippen molar-refractivity contribution >= 4 is 23.6 Å². The van der Waals surface area contributed by atoms with Crippen LogP contribution in [0.2, 0.25) is 0 Å². The summed E-state index contributed by atoms with van der Waals surface area (Å²) in [6, 6.07) is 6.24. The van der Waals surface area contributed by atoms with Crippen molar-refractivity contribution in [2.75, 3.05) is 18.4 Å². The molecule has 2 aromatic carbocycles. The number of carbonyl (C=O) groups is 3. The summed E-state index contributed by atoms with van der Waals surface area (Å²) in [6.07, 6.45) is -11.6. The Bertz CT molecular complexity index is 1120. The summed E-state index contributed by atoms with van der Waals surface area (Å²) < 4.78 is 97.4. The number of ether oxygens (including phenoxy) is 1. The number of carbonyl (C=O) groups excluding carboxylic acids is 3. The Balaban J connectivity index is 1.97. The van der Waals surface area contributed by atoms with Crippen LogP contribution in [0.1, 0.15) is 26.3 Å². The lowest BCUT2D eigenvalue weighted by Crippen LogP contribution is -2.56. The van der Waals surface area contributed by atoms with E-state index in [1.807, 2.05) is 10.6 Å². The van der Waals surface area contributed by atoms with Gasteiger partial charge >= 0.3 is 18.4 Å². The van der Waals surface area contributed by atoms with Gasteiger partial charge in [-0.05, 0) is 42.5 Å². The summed E-state index contributed by atoms with van der Waals surface area (Å²) in [5, 5.41) is 5.49. The van der Waals surface area contributed by atoms with Crippen molar-refractivity contribution in [1.29, 1.82) is 0 Å². The smallest absolute Gasteiger partial charge is 0.426 e. The Hall–Kier alpha value is -3.84. The molecule has 0 radical (unpaired) electrons. The van der Waals surface area contributed by atoms with E-state index in [1.165, 1.54) is 5.32 Å². The number of hydrogen-bond acceptors (Lipinski definition) is 4. The third kappa shape index (κ3) is 5.21. The number of halogens is 7. The van der Waals surface area contributed by atoms with Gasteiger partial charge in [-0.25, -0.2) is 9.18 Å². The first-order chi connectivity index (χ1) is 15.7. The second-order valence-electron chi connectivity index (χ2n) is 7.09. The average Bonchev–Trinajstić information content (AvgIpc) is 2.74. The van der Waals surface area contributed by atoms with Gasteiger partial charge in [-0.15, -0.1) is 0 Å². The molecule has 14 heteroatoms. The Morgan fingerprint density at radius 2 is 1.50 bits per heavy atom. The first kappa shape index (κ1) is 24.8. The van der Waals surface area contributed by atoms with Crippen molar-refractivity contribution in [3.8, 4) is 0 Å². The van der Waals surface area contributed by atoms with Gasteiger partial charge in [0.1, 0.15) is 12.4 Å². The maximum absolute atomic E-state index is 14.2. The molecule has 3 rings (SSSR count). The molecule has 1 unspecified atom stereocenters. The van der Waals surface area contributed by atoms with Gasteiger partial charge in [0.2, 0.25) is 0 Å². The third-order valence-corrected chi connectivity index (χ3v) is 4.73. The van der Waals surface area contributed by atoms with E-state index in [-0.39, 0.29) is 5.56 Å². The van der Waals surface area contributed by atoms with Crippen LogP contribution in [0.5, 0.6) is 0 Å². The van der Waals surface area contributed by atoms with Crippen LogP contribution >= 0.6 is 0 Å². The highest BCUT2D eigenvalue weighted by Crippen LogP contribution is 2.47. The van der Waals surface area contributed by atoms with Crippen LogP contribution in [0.4, 0.5) is 41.2 Å². The minimum atomic E-state index is -5.34. The molecule has 3 amide bonds. The molecule has 0 saturated carbocycles. The second kappa shape index (κ2) is 8.83. The molecule has 0 spiro atoms. The van der Waals surface area contributed by atoms with E-state index in [1.54, 1.807) is 0 Å². The van der Waals surface area contributed by atoms with Crippen molar-refractivity contribution in [2.24, 2.45) is 0 Å². The Morgan fingerprint density at radius 3 is 2.09 bits per heavy atom. The van der Waals surface area contributed by atoms with Gasteiger partial charge in [0.05, 0.1) is 12.2 Å². The molecule has 1 aliphatic heterocycles. The van der Waals surface area contributed by atoms with Gasteiger partial charge in [0.25, 0.3) is 17.4 Å². The van der Waals surface area contributed by atoms with Crippen molar-refractivity contribution in [3.05, 3.63) is 65.0 Å². The normalized spacial score (nSPS) is 17.8. The number of amides is 3. The van der Waals surface area contributed by atoms with E-state index in [9.17, 15) is 45.1 Å². The number of rotatable bonds is 5. The average molecular weight is 493 g/mol. The van der Waals surface area contributed by atoms with Crippen LogP contribution in [-0.4, -0.2) is 43.3 Å². The lowest BCUT2D eigenvalue weighted by molar-refractivity contribution is -0.261. The highest BCUT2D eigenvalue weighted by molar-refractivity contribution is 5.97. The Morgan fingerprint density at radius 1 is 0.912 bits per heavy atom. The van der Waals surface area contributed by atoms with Gasteiger partial charge in [-0.3, -0.25) is 14.9 Å². The van der Waals surface area contributed by atoms with Crippen LogP contribution < -0.4 is 16.0 Å². The van der Waals surface area contributed by atoms with Crippen LogP contribution in [0.3, 0.4) is 0 Å². The van der Waals surface area contributed by atoms with Crippen LogP contribution in [0.15, 0.2) is 42.5 Å². The maximum Gasteiger partial charge on any atom is 0.434 e. The molecule has 0 saturated heterocycles. The molecule has 3 N–H and O–H groups in total. The molecule has 0 aromatic heterocycles. The van der Waals surface area contributed by atoms with E-state index in [0.29, 0.717) is 6.07 Å². The zero-order chi connectivity index (χ0) is 25.3. The monoisotopic (exact) mass is 493 g/mol. The second-order valence-corrected chi connectivity index (χ2v) is 7.09. The Kier molecular flexibility index (Phi) is 6.44. The highest BCUT2D eigenvalue weighted by atomic mass is 19.4. The molecule has 2 aromatic rings. The fourth-order valence-electron chi connectivity index (χ4n) is 3.11. The molecule has 1 heterocycles. The molecule has 1 aliphatic rings. The van der Waals surface area contributed by atoms with Gasteiger partial charge < -0.3 is 15.4 Å². The van der Waals surface area contributed by atoms with E-state index < -0.39 is 71.6 Å². The van der Waals surface area contributed by atoms with Gasteiger partial charge in [0.15, 0.2) is 0 Å². The number of anilines is 1. The zero-order valence-electron chi connectivity index (χ0n) is 16.7. The maximum atomic E-state index is 14.2. The summed E-state index contributed by atoms with van der Waals surface area (Å²) in [6.45, 7) is -3.07. The quantitative estimate of drug-likeness (QED) is 0.552. The van der Waals surface area contributed by atoms with Gasteiger partial charge in [-0.1, -0.05) is 0 Å². The first-order valence-electron chi connectivity index (χ1n) is 9.32.